The minimum atomic E-state index is 0.485. The first-order valence-corrected chi connectivity index (χ1v) is 7.71. The van der Waals surface area contributed by atoms with Gasteiger partial charge in [-0.05, 0) is 25.9 Å². The number of rotatable bonds is 13. The summed E-state index contributed by atoms with van der Waals surface area (Å²) >= 11 is 0. The van der Waals surface area contributed by atoms with Gasteiger partial charge >= 0.3 is 0 Å². The quantitative estimate of drug-likeness (QED) is 0.482. The fourth-order valence-electron chi connectivity index (χ4n) is 2.13. The van der Waals surface area contributed by atoms with Gasteiger partial charge in [0.15, 0.2) is 0 Å². The van der Waals surface area contributed by atoms with Crippen molar-refractivity contribution in [2.24, 2.45) is 0 Å². The highest BCUT2D eigenvalue weighted by molar-refractivity contribution is 4.77. The highest BCUT2D eigenvalue weighted by atomic mass is 15.2. The molecule has 0 aliphatic rings. The van der Waals surface area contributed by atoms with Crippen molar-refractivity contribution in [2.45, 2.75) is 38.5 Å². The van der Waals surface area contributed by atoms with Crippen LogP contribution in [0.1, 0.15) is 38.5 Å². The van der Waals surface area contributed by atoms with Gasteiger partial charge in [-0.1, -0.05) is 0 Å². The van der Waals surface area contributed by atoms with Crippen molar-refractivity contribution in [3.63, 3.8) is 0 Å². The molecule has 0 atom stereocenters. The molecule has 0 N–H and O–H groups in total. The van der Waals surface area contributed by atoms with Crippen molar-refractivity contribution in [2.75, 3.05) is 39.3 Å². The van der Waals surface area contributed by atoms with E-state index in [9.17, 15) is 0 Å². The largest absolute Gasteiger partial charge is 0.301 e. The summed E-state index contributed by atoms with van der Waals surface area (Å²) in [6.45, 7) is 4.72. The van der Waals surface area contributed by atoms with Gasteiger partial charge in [0.25, 0.3) is 0 Å². The summed E-state index contributed by atoms with van der Waals surface area (Å²) in [5.41, 5.74) is 0. The normalized spacial score (nSPS) is 9.91. The zero-order chi connectivity index (χ0) is 16.5. The summed E-state index contributed by atoms with van der Waals surface area (Å²) in [4.78, 5) is 4.40. The number of nitriles is 4. The molecule has 0 bridgehead atoms. The van der Waals surface area contributed by atoms with Gasteiger partial charge in [0.1, 0.15) is 0 Å². The standard InChI is InChI=1S/C16H24N6/c17-7-1-3-11-21(13-5-9-19)15-16-22(14-6-10-20)12-4-2-8-18/h1-6,11-16H2. The highest BCUT2D eigenvalue weighted by Crippen LogP contribution is 2.01. The molecule has 22 heavy (non-hydrogen) atoms. The van der Waals surface area contributed by atoms with E-state index >= 15 is 0 Å². The zero-order valence-electron chi connectivity index (χ0n) is 13.2. The van der Waals surface area contributed by atoms with Crippen molar-refractivity contribution in [1.29, 1.82) is 21.0 Å². The zero-order valence-corrected chi connectivity index (χ0v) is 13.2. The minimum absolute atomic E-state index is 0.485. The predicted molar refractivity (Wildman–Crippen MR) is 83.0 cm³/mol. The molecule has 0 aliphatic heterocycles. The molecular formula is C16H24N6. The Balaban J connectivity index is 4.26. The van der Waals surface area contributed by atoms with E-state index in [0.29, 0.717) is 38.8 Å². The summed E-state index contributed by atoms with van der Waals surface area (Å²) in [7, 11) is 0. The average Bonchev–Trinajstić information content (AvgIpc) is 2.54. The van der Waals surface area contributed by atoms with Crippen LogP contribution in [0.3, 0.4) is 0 Å². The van der Waals surface area contributed by atoms with E-state index in [1.54, 1.807) is 0 Å². The lowest BCUT2D eigenvalue weighted by Crippen LogP contribution is -2.37. The molecule has 6 heteroatoms. The third kappa shape index (κ3) is 11.7. The molecule has 118 valence electrons. The fraction of sp³-hybridized carbons (Fsp3) is 0.750. The minimum Gasteiger partial charge on any atom is -0.301 e. The number of hydrogen-bond acceptors (Lipinski definition) is 6. The van der Waals surface area contributed by atoms with Gasteiger partial charge < -0.3 is 9.80 Å². The summed E-state index contributed by atoms with van der Waals surface area (Å²) in [5.74, 6) is 0. The summed E-state index contributed by atoms with van der Waals surface area (Å²) in [6.07, 6.45) is 3.66. The van der Waals surface area contributed by atoms with Gasteiger partial charge in [0.2, 0.25) is 0 Å². The first-order valence-electron chi connectivity index (χ1n) is 7.71. The van der Waals surface area contributed by atoms with E-state index in [1.165, 1.54) is 0 Å². The second kappa shape index (κ2) is 15.3. The van der Waals surface area contributed by atoms with Crippen molar-refractivity contribution in [1.82, 2.24) is 9.80 Å². The van der Waals surface area contributed by atoms with Gasteiger partial charge in [0, 0.05) is 51.9 Å². The van der Waals surface area contributed by atoms with Crippen LogP contribution in [-0.4, -0.2) is 49.1 Å². The molecule has 0 aromatic rings. The predicted octanol–water partition coefficient (Wildman–Crippen LogP) is 2.03. The molecule has 0 radical (unpaired) electrons. The van der Waals surface area contributed by atoms with Gasteiger partial charge in [0.05, 0.1) is 24.3 Å². The van der Waals surface area contributed by atoms with E-state index in [0.717, 1.165) is 39.0 Å². The van der Waals surface area contributed by atoms with Crippen LogP contribution in [-0.2, 0) is 0 Å². The third-order valence-corrected chi connectivity index (χ3v) is 3.34. The summed E-state index contributed by atoms with van der Waals surface area (Å²) < 4.78 is 0. The second-order valence-electron chi connectivity index (χ2n) is 5.02. The first-order chi connectivity index (χ1) is 10.8. The second-order valence-corrected chi connectivity index (χ2v) is 5.02. The molecule has 0 aromatic heterocycles. The Bertz CT molecular complexity index is 392. The monoisotopic (exact) mass is 300 g/mol. The number of nitrogens with zero attached hydrogens (tertiary/aromatic N) is 6. The molecule has 0 rings (SSSR count). The molecule has 0 fully saturated rings. The van der Waals surface area contributed by atoms with Gasteiger partial charge in [-0.15, -0.1) is 0 Å². The smallest absolute Gasteiger partial charge is 0.0635 e. The van der Waals surface area contributed by atoms with Gasteiger partial charge in [-0.3, -0.25) is 0 Å². The Kier molecular flexibility index (Phi) is 13.8. The topological polar surface area (TPSA) is 102 Å². The lowest BCUT2D eigenvalue weighted by Gasteiger charge is -2.26. The summed E-state index contributed by atoms with van der Waals surface area (Å²) in [6, 6.07) is 8.58. The maximum atomic E-state index is 8.72. The Hall–Kier alpha value is -2.12. The van der Waals surface area contributed by atoms with Crippen LogP contribution in [0.15, 0.2) is 0 Å². The van der Waals surface area contributed by atoms with E-state index < -0.39 is 0 Å². The van der Waals surface area contributed by atoms with Crippen molar-refractivity contribution in [3.05, 3.63) is 0 Å². The van der Waals surface area contributed by atoms with Crippen LogP contribution in [0.4, 0.5) is 0 Å². The molecule has 0 saturated heterocycles. The molecule has 0 spiro atoms. The van der Waals surface area contributed by atoms with Crippen LogP contribution in [0.2, 0.25) is 0 Å². The van der Waals surface area contributed by atoms with Crippen LogP contribution >= 0.6 is 0 Å². The van der Waals surface area contributed by atoms with Crippen LogP contribution in [0.5, 0.6) is 0 Å². The maximum absolute atomic E-state index is 8.72. The Morgan fingerprint density at radius 1 is 0.455 bits per heavy atom. The summed E-state index contributed by atoms with van der Waals surface area (Å²) in [5, 5.41) is 34.6. The molecule has 0 unspecified atom stereocenters. The Labute approximate surface area is 133 Å². The number of hydrogen-bond donors (Lipinski definition) is 0. The molecule has 0 heterocycles. The molecular weight excluding hydrogens is 276 g/mol. The van der Waals surface area contributed by atoms with Crippen molar-refractivity contribution in [3.8, 4) is 24.3 Å². The maximum Gasteiger partial charge on any atom is 0.0635 e. The van der Waals surface area contributed by atoms with Crippen LogP contribution in [0.25, 0.3) is 0 Å². The van der Waals surface area contributed by atoms with Crippen molar-refractivity contribution >= 4 is 0 Å². The van der Waals surface area contributed by atoms with Crippen LogP contribution in [0, 0.1) is 45.3 Å². The van der Waals surface area contributed by atoms with Crippen molar-refractivity contribution < 1.29 is 0 Å². The molecule has 0 aliphatic carbocycles. The highest BCUT2D eigenvalue weighted by Gasteiger charge is 2.09. The fourth-order valence-corrected chi connectivity index (χ4v) is 2.13. The number of unbranched alkanes of at least 4 members (excludes halogenated alkanes) is 2. The van der Waals surface area contributed by atoms with E-state index in [-0.39, 0.29) is 0 Å². The molecule has 0 saturated carbocycles. The van der Waals surface area contributed by atoms with Gasteiger partial charge in [-0.25, -0.2) is 0 Å². The van der Waals surface area contributed by atoms with E-state index in [1.807, 2.05) is 0 Å². The van der Waals surface area contributed by atoms with E-state index in [4.69, 9.17) is 21.0 Å². The molecule has 0 amide bonds. The SMILES string of the molecule is N#CCCCN(CCC#N)CCN(CCC#N)CCCC#N. The lowest BCUT2D eigenvalue weighted by atomic mass is 10.2. The first kappa shape index (κ1) is 19.9. The third-order valence-electron chi connectivity index (χ3n) is 3.34. The average molecular weight is 300 g/mol. The molecule has 0 aromatic carbocycles. The lowest BCUT2D eigenvalue weighted by molar-refractivity contribution is 0.205. The Morgan fingerprint density at radius 2 is 0.818 bits per heavy atom. The van der Waals surface area contributed by atoms with Gasteiger partial charge in [-0.2, -0.15) is 21.0 Å². The molecule has 6 nitrogen and oxygen atoms in total. The Morgan fingerprint density at radius 3 is 1.14 bits per heavy atom. The van der Waals surface area contributed by atoms with Crippen LogP contribution < -0.4 is 0 Å². The van der Waals surface area contributed by atoms with E-state index in [2.05, 4.69) is 34.1 Å².